The van der Waals surface area contributed by atoms with Gasteiger partial charge in [-0.3, -0.25) is 24.5 Å². The molecule has 0 radical (unpaired) electrons. The van der Waals surface area contributed by atoms with Crippen LogP contribution < -0.4 is 20.9 Å². The first-order chi connectivity index (χ1) is 15.4. The molecule has 1 aromatic carbocycles. The third kappa shape index (κ3) is 3.47. The maximum Gasteiger partial charge on any atom is 0.277 e. The Kier molecular flexibility index (Phi) is 4.65. The van der Waals surface area contributed by atoms with Gasteiger partial charge in [0.15, 0.2) is 17.2 Å². The highest BCUT2D eigenvalue weighted by molar-refractivity contribution is 5.98. The minimum absolute atomic E-state index is 0.0281. The Bertz CT molecular complexity index is 1400. The Balaban J connectivity index is 1.60. The van der Waals surface area contributed by atoms with Gasteiger partial charge in [0, 0.05) is 19.0 Å². The third-order valence-corrected chi connectivity index (χ3v) is 5.34. The highest BCUT2D eigenvalue weighted by Crippen LogP contribution is 2.38. The van der Waals surface area contributed by atoms with Gasteiger partial charge in [0.25, 0.3) is 5.56 Å². The van der Waals surface area contributed by atoms with E-state index in [1.165, 1.54) is 4.68 Å². The normalized spacial score (nSPS) is 13.3. The molecule has 0 unspecified atom stereocenters. The van der Waals surface area contributed by atoms with Crippen LogP contribution in [0.3, 0.4) is 0 Å². The lowest BCUT2D eigenvalue weighted by Crippen LogP contribution is -2.15. The van der Waals surface area contributed by atoms with Crippen LogP contribution in [0.2, 0.25) is 0 Å². The third-order valence-electron chi connectivity index (χ3n) is 5.34. The SMILES string of the molecule is COc1c(Nc2cc(NC(=O)C3CC3)nc3[nH]n(C)c(=O)c23)cccc1-c1n[nH]c(C)n1. The fraction of sp³-hybridized carbons (Fsp3) is 0.286. The number of methoxy groups -OCH3 is 1. The number of amides is 1. The van der Waals surface area contributed by atoms with Crippen molar-refractivity contribution in [2.45, 2.75) is 19.8 Å². The summed E-state index contributed by atoms with van der Waals surface area (Å²) in [5.74, 6) is 2.02. The number of aromatic amines is 2. The average molecular weight is 434 g/mol. The summed E-state index contributed by atoms with van der Waals surface area (Å²) in [7, 11) is 3.17. The number of anilines is 3. The molecule has 4 aromatic rings. The predicted molar refractivity (Wildman–Crippen MR) is 119 cm³/mol. The zero-order valence-corrected chi connectivity index (χ0v) is 17.8. The number of pyridine rings is 1. The standard InChI is InChI=1S/C21H22N8O3/c1-10-22-18(27-26-10)12-5-4-6-13(17(12)32-3)23-14-9-15(25-20(30)11-7-8-11)24-19-16(14)21(31)29(2)28-19/h4-6,9,11H,7-8H2,1-3H3,(H,22,26,27)(H3,23,24,25,28,30). The Morgan fingerprint density at radius 3 is 2.75 bits per heavy atom. The molecule has 1 fully saturated rings. The quantitative estimate of drug-likeness (QED) is 0.365. The zero-order chi connectivity index (χ0) is 22.4. The van der Waals surface area contributed by atoms with Crippen molar-refractivity contribution >= 4 is 34.1 Å². The van der Waals surface area contributed by atoms with Crippen molar-refractivity contribution in [2.24, 2.45) is 13.0 Å². The molecule has 11 heteroatoms. The highest BCUT2D eigenvalue weighted by atomic mass is 16.5. The largest absolute Gasteiger partial charge is 0.494 e. The minimum Gasteiger partial charge on any atom is -0.494 e. The van der Waals surface area contributed by atoms with E-state index in [0.717, 1.165) is 12.8 Å². The molecule has 0 spiro atoms. The van der Waals surface area contributed by atoms with Gasteiger partial charge in [-0.25, -0.2) is 9.97 Å². The van der Waals surface area contributed by atoms with E-state index in [1.807, 2.05) is 25.1 Å². The first-order valence-corrected chi connectivity index (χ1v) is 10.2. The Morgan fingerprint density at radius 1 is 1.25 bits per heavy atom. The fourth-order valence-electron chi connectivity index (χ4n) is 3.60. The van der Waals surface area contributed by atoms with Crippen molar-refractivity contribution < 1.29 is 9.53 Å². The molecule has 1 amide bonds. The average Bonchev–Trinajstić information content (AvgIpc) is 3.47. The monoisotopic (exact) mass is 434 g/mol. The van der Waals surface area contributed by atoms with Crippen molar-refractivity contribution in [2.75, 3.05) is 17.7 Å². The van der Waals surface area contributed by atoms with Crippen LogP contribution in [0.15, 0.2) is 29.1 Å². The van der Waals surface area contributed by atoms with Crippen LogP contribution >= 0.6 is 0 Å². The Hall–Kier alpha value is -4.15. The van der Waals surface area contributed by atoms with Crippen LogP contribution in [0.25, 0.3) is 22.4 Å². The number of hydrogen-bond acceptors (Lipinski definition) is 7. The lowest BCUT2D eigenvalue weighted by Gasteiger charge is -2.15. The molecule has 32 heavy (non-hydrogen) atoms. The van der Waals surface area contributed by atoms with Crippen LogP contribution in [0.4, 0.5) is 17.2 Å². The first kappa shape index (κ1) is 19.8. The molecule has 5 rings (SSSR count). The van der Waals surface area contributed by atoms with Crippen LogP contribution in [0.5, 0.6) is 5.75 Å². The Morgan fingerprint density at radius 2 is 2.06 bits per heavy atom. The second kappa shape index (κ2) is 7.52. The van der Waals surface area contributed by atoms with Crippen LogP contribution in [0.1, 0.15) is 18.7 Å². The lowest BCUT2D eigenvalue weighted by atomic mass is 10.1. The highest BCUT2D eigenvalue weighted by Gasteiger charge is 2.30. The summed E-state index contributed by atoms with van der Waals surface area (Å²) in [5.41, 5.74) is 1.92. The van der Waals surface area contributed by atoms with Crippen molar-refractivity contribution in [3.63, 3.8) is 0 Å². The number of fused-ring (bicyclic) bond motifs is 1. The molecule has 11 nitrogen and oxygen atoms in total. The van der Waals surface area contributed by atoms with E-state index in [-0.39, 0.29) is 17.4 Å². The maximum absolute atomic E-state index is 12.7. The molecular weight excluding hydrogens is 412 g/mol. The molecule has 3 aromatic heterocycles. The molecule has 0 bridgehead atoms. The van der Waals surface area contributed by atoms with Gasteiger partial charge in [-0.2, -0.15) is 5.10 Å². The van der Waals surface area contributed by atoms with Gasteiger partial charge >= 0.3 is 0 Å². The number of benzene rings is 1. The van der Waals surface area contributed by atoms with Crippen molar-refractivity contribution in [3.8, 4) is 17.1 Å². The first-order valence-electron chi connectivity index (χ1n) is 10.2. The summed E-state index contributed by atoms with van der Waals surface area (Å²) in [6.07, 6.45) is 1.76. The molecule has 3 heterocycles. The number of nitrogens with one attached hydrogen (secondary N) is 4. The van der Waals surface area contributed by atoms with Crippen LogP contribution in [-0.4, -0.2) is 43.0 Å². The lowest BCUT2D eigenvalue weighted by molar-refractivity contribution is -0.117. The molecule has 4 N–H and O–H groups in total. The molecular formula is C21H22N8O3. The number of carbonyl (C=O) groups excluding carboxylic acids is 1. The summed E-state index contributed by atoms with van der Waals surface area (Å²) in [4.78, 5) is 33.8. The van der Waals surface area contributed by atoms with Crippen molar-refractivity contribution in [1.82, 2.24) is 29.9 Å². The van der Waals surface area contributed by atoms with Gasteiger partial charge in [0.1, 0.15) is 17.0 Å². The van der Waals surface area contributed by atoms with E-state index in [9.17, 15) is 9.59 Å². The molecule has 1 saturated carbocycles. The molecule has 0 saturated heterocycles. The topological polar surface area (TPSA) is 143 Å². The number of para-hydroxylation sites is 1. The number of nitrogens with zero attached hydrogens (tertiary/aromatic N) is 4. The van der Waals surface area contributed by atoms with Gasteiger partial charge in [0.05, 0.1) is 24.0 Å². The number of aromatic nitrogens is 6. The number of ether oxygens (including phenoxy) is 1. The summed E-state index contributed by atoms with van der Waals surface area (Å²) >= 11 is 0. The van der Waals surface area contributed by atoms with Crippen molar-refractivity contribution in [3.05, 3.63) is 40.4 Å². The molecule has 0 atom stereocenters. The van der Waals surface area contributed by atoms with E-state index in [2.05, 4.69) is 35.9 Å². The number of carbonyl (C=O) groups is 1. The summed E-state index contributed by atoms with van der Waals surface area (Å²) in [5, 5.41) is 16.5. The maximum atomic E-state index is 12.7. The number of hydrogen-bond donors (Lipinski definition) is 4. The van der Waals surface area contributed by atoms with E-state index in [1.54, 1.807) is 20.2 Å². The fourth-order valence-corrected chi connectivity index (χ4v) is 3.60. The molecule has 0 aliphatic heterocycles. The van der Waals surface area contributed by atoms with E-state index < -0.39 is 0 Å². The molecule has 1 aliphatic carbocycles. The van der Waals surface area contributed by atoms with Gasteiger partial charge in [-0.1, -0.05) is 6.07 Å². The second-order valence-corrected chi connectivity index (χ2v) is 7.77. The summed E-state index contributed by atoms with van der Waals surface area (Å²) in [6, 6.07) is 7.18. The van der Waals surface area contributed by atoms with Crippen LogP contribution in [0, 0.1) is 12.8 Å². The number of H-pyrrole nitrogens is 2. The van der Waals surface area contributed by atoms with Crippen LogP contribution in [-0.2, 0) is 11.8 Å². The molecule has 164 valence electrons. The minimum atomic E-state index is -0.241. The van der Waals surface area contributed by atoms with E-state index in [4.69, 9.17) is 4.74 Å². The van der Waals surface area contributed by atoms with Gasteiger partial charge in [-0.15, -0.1) is 0 Å². The summed E-state index contributed by atoms with van der Waals surface area (Å²) < 4.78 is 7.01. The smallest absolute Gasteiger partial charge is 0.277 e. The second-order valence-electron chi connectivity index (χ2n) is 7.77. The molecule has 1 aliphatic rings. The van der Waals surface area contributed by atoms with Crippen molar-refractivity contribution in [1.29, 1.82) is 0 Å². The zero-order valence-electron chi connectivity index (χ0n) is 17.8. The van der Waals surface area contributed by atoms with E-state index in [0.29, 0.717) is 51.2 Å². The number of rotatable bonds is 6. The predicted octanol–water partition coefficient (Wildman–Crippen LogP) is 2.46. The van der Waals surface area contributed by atoms with Gasteiger partial charge in [-0.05, 0) is 31.9 Å². The van der Waals surface area contributed by atoms with Gasteiger partial charge in [0.2, 0.25) is 5.91 Å². The van der Waals surface area contributed by atoms with Gasteiger partial charge < -0.3 is 15.4 Å². The summed E-state index contributed by atoms with van der Waals surface area (Å²) in [6.45, 7) is 1.82. The van der Waals surface area contributed by atoms with E-state index >= 15 is 0 Å². The Labute approximate surface area is 182 Å². The number of aryl methyl sites for hydroxylation is 2.